The molecule has 1 aromatic carbocycles. The van der Waals surface area contributed by atoms with Crippen LogP contribution < -0.4 is 5.32 Å². The molecule has 2 heterocycles. The largest absolute Gasteiger partial charge is 0.302 e. The number of rotatable bonds is 7. The van der Waals surface area contributed by atoms with Crippen LogP contribution in [-0.2, 0) is 16.0 Å². The van der Waals surface area contributed by atoms with Crippen LogP contribution in [0, 0.1) is 0 Å². The zero-order valence-electron chi connectivity index (χ0n) is 14.6. The molecule has 1 N–H and O–H groups in total. The Kier molecular flexibility index (Phi) is 6.86. The second-order valence-electron chi connectivity index (χ2n) is 6.10. The number of amides is 2. The molecule has 1 aromatic heterocycles. The van der Waals surface area contributed by atoms with E-state index in [2.05, 4.69) is 10.3 Å². The number of carbonyl (C=O) groups excluding carboxylic acids is 2. The third kappa shape index (κ3) is 5.51. The fourth-order valence-corrected chi connectivity index (χ4v) is 5.05. The summed E-state index contributed by atoms with van der Waals surface area (Å²) < 4.78 is 0.597. The molecule has 9 heteroatoms. The normalized spacial score (nSPS) is 16.8. The molecule has 0 spiro atoms. The van der Waals surface area contributed by atoms with E-state index in [0.717, 1.165) is 16.9 Å². The average Bonchev–Trinajstić information content (AvgIpc) is 3.15. The van der Waals surface area contributed by atoms with E-state index in [0.29, 0.717) is 33.9 Å². The Labute approximate surface area is 176 Å². The summed E-state index contributed by atoms with van der Waals surface area (Å²) in [6.45, 7) is 2.32. The van der Waals surface area contributed by atoms with Crippen LogP contribution in [0.15, 0.2) is 30.5 Å². The van der Waals surface area contributed by atoms with Crippen molar-refractivity contribution in [2.75, 3.05) is 11.9 Å². The fraction of sp³-hybridized carbons (Fsp3) is 0.333. The predicted octanol–water partition coefficient (Wildman–Crippen LogP) is 4.35. The molecule has 2 amide bonds. The number of nitrogens with one attached hydrogen (secondary N) is 1. The molecule has 0 bridgehead atoms. The topological polar surface area (TPSA) is 62.3 Å². The average molecular weight is 440 g/mol. The summed E-state index contributed by atoms with van der Waals surface area (Å²) in [5, 5.41) is 3.99. The van der Waals surface area contributed by atoms with Gasteiger partial charge in [0.25, 0.3) is 0 Å². The summed E-state index contributed by atoms with van der Waals surface area (Å²) in [7, 11) is 0. The lowest BCUT2D eigenvalue weighted by Gasteiger charge is -2.14. The first kappa shape index (κ1) is 20.3. The van der Waals surface area contributed by atoms with Crippen molar-refractivity contribution < 1.29 is 9.59 Å². The molecule has 5 nitrogen and oxygen atoms in total. The summed E-state index contributed by atoms with van der Waals surface area (Å²) in [4.78, 5) is 31.0. The molecular formula is C18H18ClN3O2S3. The van der Waals surface area contributed by atoms with E-state index in [-0.39, 0.29) is 17.1 Å². The van der Waals surface area contributed by atoms with Gasteiger partial charge in [0.2, 0.25) is 11.8 Å². The second kappa shape index (κ2) is 9.14. The number of thioether (sulfide) groups is 1. The zero-order chi connectivity index (χ0) is 19.4. The number of thiazole rings is 1. The van der Waals surface area contributed by atoms with Gasteiger partial charge in [0.15, 0.2) is 5.13 Å². The van der Waals surface area contributed by atoms with Crippen LogP contribution in [0.25, 0.3) is 0 Å². The summed E-state index contributed by atoms with van der Waals surface area (Å²) >= 11 is 13.9. The Morgan fingerprint density at radius 2 is 2.11 bits per heavy atom. The Morgan fingerprint density at radius 1 is 1.37 bits per heavy atom. The Balaban J connectivity index is 1.44. The zero-order valence-corrected chi connectivity index (χ0v) is 17.8. The standard InChI is InChI=1S/C18H18ClN3O2S3/c1-11-16(24)22(18(25)26-11)8-2-3-15(23)21-17-20-10-14(27-17)9-12-4-6-13(19)7-5-12/h4-7,10-11H,2-3,8-9H2,1H3,(H,20,21,23). The van der Waals surface area contributed by atoms with Crippen LogP contribution >= 0.6 is 46.9 Å². The number of aromatic nitrogens is 1. The summed E-state index contributed by atoms with van der Waals surface area (Å²) in [6, 6.07) is 7.67. The number of benzene rings is 1. The van der Waals surface area contributed by atoms with Gasteiger partial charge >= 0.3 is 0 Å². The van der Waals surface area contributed by atoms with E-state index in [1.165, 1.54) is 23.1 Å². The third-order valence-electron chi connectivity index (χ3n) is 3.99. The van der Waals surface area contributed by atoms with Crippen molar-refractivity contribution >= 4 is 68.2 Å². The van der Waals surface area contributed by atoms with Crippen molar-refractivity contribution in [1.29, 1.82) is 0 Å². The van der Waals surface area contributed by atoms with E-state index in [4.69, 9.17) is 23.8 Å². The molecule has 3 rings (SSSR count). The molecule has 2 aromatic rings. The van der Waals surface area contributed by atoms with E-state index in [9.17, 15) is 9.59 Å². The lowest BCUT2D eigenvalue weighted by molar-refractivity contribution is -0.126. The Morgan fingerprint density at radius 3 is 2.78 bits per heavy atom. The molecular weight excluding hydrogens is 422 g/mol. The van der Waals surface area contributed by atoms with Gasteiger partial charge in [0.05, 0.1) is 5.25 Å². The minimum absolute atomic E-state index is 0.0252. The Hall–Kier alpha value is -1.48. The van der Waals surface area contributed by atoms with Crippen LogP contribution in [0.1, 0.15) is 30.2 Å². The number of nitrogens with zero attached hydrogens (tertiary/aromatic N) is 2. The summed E-state index contributed by atoms with van der Waals surface area (Å²) in [6.07, 6.45) is 3.40. The third-order valence-corrected chi connectivity index (χ3v) is 6.64. The molecule has 27 heavy (non-hydrogen) atoms. The molecule has 1 fully saturated rings. The SMILES string of the molecule is CC1SC(=S)N(CCCC(=O)Nc2ncc(Cc3ccc(Cl)cc3)s2)C1=O. The lowest BCUT2D eigenvalue weighted by atomic mass is 10.1. The van der Waals surface area contributed by atoms with Gasteiger partial charge in [-0.1, -0.05) is 47.7 Å². The number of anilines is 1. The van der Waals surface area contributed by atoms with Gasteiger partial charge in [-0.2, -0.15) is 0 Å². The first-order valence-corrected chi connectivity index (χ1v) is 10.9. The van der Waals surface area contributed by atoms with Gasteiger partial charge < -0.3 is 5.32 Å². The maximum atomic E-state index is 12.1. The first-order valence-electron chi connectivity index (χ1n) is 8.43. The predicted molar refractivity (Wildman–Crippen MR) is 116 cm³/mol. The summed E-state index contributed by atoms with van der Waals surface area (Å²) in [5.74, 6) is -0.0853. The van der Waals surface area contributed by atoms with Gasteiger partial charge in [0.1, 0.15) is 4.32 Å². The van der Waals surface area contributed by atoms with Crippen LogP contribution in [0.3, 0.4) is 0 Å². The van der Waals surface area contributed by atoms with Crippen LogP contribution in [0.5, 0.6) is 0 Å². The quantitative estimate of drug-likeness (QED) is 0.649. The van der Waals surface area contributed by atoms with E-state index >= 15 is 0 Å². The van der Waals surface area contributed by atoms with Gasteiger partial charge in [-0.25, -0.2) is 4.98 Å². The Bertz CT molecular complexity index is 854. The monoisotopic (exact) mass is 439 g/mol. The number of hydrogen-bond donors (Lipinski definition) is 1. The highest BCUT2D eigenvalue weighted by Crippen LogP contribution is 2.27. The number of hydrogen-bond acceptors (Lipinski definition) is 6. The molecule has 1 aliphatic rings. The molecule has 1 atom stereocenters. The van der Waals surface area contributed by atoms with E-state index in [1.54, 1.807) is 11.1 Å². The van der Waals surface area contributed by atoms with Crippen molar-refractivity contribution in [1.82, 2.24) is 9.88 Å². The minimum Gasteiger partial charge on any atom is -0.302 e. The van der Waals surface area contributed by atoms with E-state index in [1.807, 2.05) is 31.2 Å². The molecule has 1 aliphatic heterocycles. The van der Waals surface area contributed by atoms with Gasteiger partial charge in [0, 0.05) is 35.5 Å². The van der Waals surface area contributed by atoms with Crippen molar-refractivity contribution in [2.45, 2.75) is 31.4 Å². The van der Waals surface area contributed by atoms with Gasteiger partial charge in [-0.05, 0) is 31.0 Å². The fourth-order valence-electron chi connectivity index (χ4n) is 2.61. The smallest absolute Gasteiger partial charge is 0.241 e. The van der Waals surface area contributed by atoms with Crippen molar-refractivity contribution in [3.8, 4) is 0 Å². The van der Waals surface area contributed by atoms with Crippen molar-refractivity contribution in [2.24, 2.45) is 0 Å². The summed E-state index contributed by atoms with van der Waals surface area (Å²) in [5.41, 5.74) is 1.14. The highest BCUT2D eigenvalue weighted by molar-refractivity contribution is 8.24. The number of carbonyl (C=O) groups is 2. The van der Waals surface area contributed by atoms with Crippen LogP contribution in [0.2, 0.25) is 5.02 Å². The second-order valence-corrected chi connectivity index (χ2v) is 9.63. The number of halogens is 1. The maximum absolute atomic E-state index is 12.1. The van der Waals surface area contributed by atoms with Gasteiger partial charge in [-0.15, -0.1) is 11.3 Å². The molecule has 0 aliphatic carbocycles. The minimum atomic E-state index is -0.124. The molecule has 1 saturated heterocycles. The van der Waals surface area contributed by atoms with Crippen molar-refractivity contribution in [3.63, 3.8) is 0 Å². The van der Waals surface area contributed by atoms with Crippen LogP contribution in [-0.4, -0.2) is 37.8 Å². The lowest BCUT2D eigenvalue weighted by Crippen LogP contribution is -2.32. The first-order chi connectivity index (χ1) is 12.9. The maximum Gasteiger partial charge on any atom is 0.241 e. The molecule has 142 valence electrons. The van der Waals surface area contributed by atoms with Crippen molar-refractivity contribution in [3.05, 3.63) is 45.9 Å². The van der Waals surface area contributed by atoms with Gasteiger partial charge in [-0.3, -0.25) is 14.5 Å². The van der Waals surface area contributed by atoms with Crippen LogP contribution in [0.4, 0.5) is 5.13 Å². The molecule has 0 radical (unpaired) electrons. The number of thiocarbonyl (C=S) groups is 1. The van der Waals surface area contributed by atoms with E-state index < -0.39 is 0 Å². The highest BCUT2D eigenvalue weighted by atomic mass is 35.5. The highest BCUT2D eigenvalue weighted by Gasteiger charge is 2.33. The molecule has 0 saturated carbocycles. The molecule has 1 unspecified atom stereocenters.